The van der Waals surface area contributed by atoms with E-state index >= 15 is 0 Å². The van der Waals surface area contributed by atoms with Crippen LogP contribution in [0.2, 0.25) is 0 Å². The van der Waals surface area contributed by atoms with Gasteiger partial charge >= 0.3 is 5.97 Å². The highest BCUT2D eigenvalue weighted by atomic mass is 16.4. The molecule has 4 rings (SSSR count). The van der Waals surface area contributed by atoms with Gasteiger partial charge in [0.15, 0.2) is 0 Å². The molecule has 3 aromatic rings. The molecular formula is C21H19N3O3. The smallest absolute Gasteiger partial charge is 0.335 e. The molecule has 0 atom stereocenters. The van der Waals surface area contributed by atoms with Crippen molar-refractivity contribution in [3.05, 3.63) is 69.8 Å². The van der Waals surface area contributed by atoms with Crippen LogP contribution in [0.4, 0.5) is 5.69 Å². The van der Waals surface area contributed by atoms with Gasteiger partial charge in [-0.3, -0.25) is 9.36 Å². The van der Waals surface area contributed by atoms with E-state index in [0.29, 0.717) is 23.3 Å². The Kier molecular flexibility index (Phi) is 4.03. The quantitative estimate of drug-likeness (QED) is 0.776. The van der Waals surface area contributed by atoms with Crippen molar-refractivity contribution >= 4 is 34.2 Å². The minimum Gasteiger partial charge on any atom is -0.478 e. The lowest BCUT2D eigenvalue weighted by molar-refractivity contribution is 0.0697. The average Bonchev–Trinajstić information content (AvgIpc) is 3.05. The summed E-state index contributed by atoms with van der Waals surface area (Å²) < 4.78 is 1.67. The number of aromatic nitrogens is 2. The predicted octanol–water partition coefficient (Wildman–Crippen LogP) is 3.11. The van der Waals surface area contributed by atoms with Crippen LogP contribution in [0.15, 0.2) is 47.3 Å². The van der Waals surface area contributed by atoms with Gasteiger partial charge in [0.1, 0.15) is 5.82 Å². The van der Waals surface area contributed by atoms with Crippen molar-refractivity contribution in [1.29, 1.82) is 0 Å². The third kappa shape index (κ3) is 2.99. The Hall–Kier alpha value is -3.41. The fraction of sp³-hybridized carbons (Fsp3) is 0.190. The highest BCUT2D eigenvalue weighted by Gasteiger charge is 2.21. The first-order chi connectivity index (χ1) is 12.9. The summed E-state index contributed by atoms with van der Waals surface area (Å²) in [5, 5.41) is 9.63. The summed E-state index contributed by atoms with van der Waals surface area (Å²) >= 11 is 0. The summed E-state index contributed by atoms with van der Waals surface area (Å²) in [6.45, 7) is 0.583. The van der Waals surface area contributed by atoms with Crippen LogP contribution in [0, 0.1) is 0 Å². The molecule has 0 saturated carbocycles. The second-order valence-electron chi connectivity index (χ2n) is 6.83. The van der Waals surface area contributed by atoms with E-state index in [9.17, 15) is 14.7 Å². The molecule has 136 valence electrons. The SMILES string of the molecule is CN(C)c1ccc(/C=C2\CCn3c2nc2cc(C(=O)O)ccc2c3=O)cc1. The molecule has 1 aliphatic rings. The highest BCUT2D eigenvalue weighted by molar-refractivity contribution is 5.93. The van der Waals surface area contributed by atoms with E-state index in [1.165, 1.54) is 12.1 Å². The summed E-state index contributed by atoms with van der Waals surface area (Å²) in [6, 6.07) is 12.6. The number of anilines is 1. The molecule has 6 nitrogen and oxygen atoms in total. The van der Waals surface area contributed by atoms with Gasteiger partial charge in [-0.1, -0.05) is 12.1 Å². The monoisotopic (exact) mass is 361 g/mol. The van der Waals surface area contributed by atoms with Crippen molar-refractivity contribution in [3.63, 3.8) is 0 Å². The van der Waals surface area contributed by atoms with Crippen molar-refractivity contribution in [3.8, 4) is 0 Å². The topological polar surface area (TPSA) is 75.4 Å². The van der Waals surface area contributed by atoms with Gasteiger partial charge in [0.05, 0.1) is 16.5 Å². The number of benzene rings is 2. The first-order valence-corrected chi connectivity index (χ1v) is 8.70. The van der Waals surface area contributed by atoms with Crippen molar-refractivity contribution < 1.29 is 9.90 Å². The van der Waals surface area contributed by atoms with E-state index in [2.05, 4.69) is 4.98 Å². The van der Waals surface area contributed by atoms with E-state index in [4.69, 9.17) is 0 Å². The molecule has 1 N–H and O–H groups in total. The molecule has 6 heteroatoms. The summed E-state index contributed by atoms with van der Waals surface area (Å²) in [7, 11) is 3.99. The lowest BCUT2D eigenvalue weighted by atomic mass is 10.1. The highest BCUT2D eigenvalue weighted by Crippen LogP contribution is 2.28. The zero-order valence-electron chi connectivity index (χ0n) is 15.1. The fourth-order valence-electron chi connectivity index (χ4n) is 3.36. The normalized spacial score (nSPS) is 14.5. The van der Waals surface area contributed by atoms with Gasteiger partial charge in [0.25, 0.3) is 5.56 Å². The lowest BCUT2D eigenvalue weighted by Crippen LogP contribution is -2.21. The van der Waals surface area contributed by atoms with Crippen LogP contribution in [0.25, 0.3) is 22.6 Å². The number of carbonyl (C=O) groups is 1. The third-order valence-corrected chi connectivity index (χ3v) is 4.84. The number of allylic oxidation sites excluding steroid dienone is 1. The van der Waals surface area contributed by atoms with Gasteiger partial charge in [-0.05, 0) is 54.0 Å². The van der Waals surface area contributed by atoms with Crippen LogP contribution in [0.5, 0.6) is 0 Å². The third-order valence-electron chi connectivity index (χ3n) is 4.84. The van der Waals surface area contributed by atoms with Crippen LogP contribution in [-0.2, 0) is 6.54 Å². The van der Waals surface area contributed by atoms with E-state index < -0.39 is 5.97 Å². The summed E-state index contributed by atoms with van der Waals surface area (Å²) in [6.07, 6.45) is 2.76. The van der Waals surface area contributed by atoms with Crippen molar-refractivity contribution in [2.75, 3.05) is 19.0 Å². The molecule has 1 aliphatic heterocycles. The number of carboxylic acid groups (broad SMARTS) is 1. The Balaban J connectivity index is 1.81. The Morgan fingerprint density at radius 2 is 1.93 bits per heavy atom. The van der Waals surface area contributed by atoms with Crippen molar-refractivity contribution in [1.82, 2.24) is 9.55 Å². The standard InChI is InChI=1S/C21H19N3O3/c1-23(2)16-6-3-13(4-7-16)11-14-9-10-24-19(14)22-18-12-15(21(26)27)5-8-17(18)20(24)25/h3-8,11-12H,9-10H2,1-2H3,(H,26,27)/b14-11+. The fourth-order valence-corrected chi connectivity index (χ4v) is 3.36. The zero-order valence-corrected chi connectivity index (χ0v) is 15.1. The Labute approximate surface area is 156 Å². The largest absolute Gasteiger partial charge is 0.478 e. The summed E-state index contributed by atoms with van der Waals surface area (Å²) in [5.74, 6) is -0.414. The maximum atomic E-state index is 12.8. The maximum absolute atomic E-state index is 12.8. The van der Waals surface area contributed by atoms with Crippen LogP contribution in [0.1, 0.15) is 28.2 Å². The van der Waals surface area contributed by atoms with Crippen molar-refractivity contribution in [2.24, 2.45) is 0 Å². The molecule has 27 heavy (non-hydrogen) atoms. The first kappa shape index (κ1) is 17.0. The van der Waals surface area contributed by atoms with Gasteiger partial charge in [0, 0.05) is 26.3 Å². The number of carboxylic acids is 1. The molecule has 0 unspecified atom stereocenters. The van der Waals surface area contributed by atoms with E-state index in [1.807, 2.05) is 49.3 Å². The maximum Gasteiger partial charge on any atom is 0.335 e. The Morgan fingerprint density at radius 1 is 1.19 bits per heavy atom. The lowest BCUT2D eigenvalue weighted by Gasteiger charge is -2.12. The number of rotatable bonds is 3. The average molecular weight is 361 g/mol. The predicted molar refractivity (Wildman–Crippen MR) is 106 cm³/mol. The van der Waals surface area contributed by atoms with E-state index in [0.717, 1.165) is 23.2 Å². The minimum atomic E-state index is -1.03. The Morgan fingerprint density at radius 3 is 2.59 bits per heavy atom. The van der Waals surface area contributed by atoms with Gasteiger partial charge < -0.3 is 10.0 Å². The van der Waals surface area contributed by atoms with Crippen molar-refractivity contribution in [2.45, 2.75) is 13.0 Å². The molecule has 0 fully saturated rings. The van der Waals surface area contributed by atoms with Gasteiger partial charge in [-0.25, -0.2) is 9.78 Å². The summed E-state index contributed by atoms with van der Waals surface area (Å²) in [4.78, 5) is 30.6. The number of hydrogen-bond acceptors (Lipinski definition) is 4. The Bertz CT molecular complexity index is 1140. The van der Waals surface area contributed by atoms with Gasteiger partial charge in [0.2, 0.25) is 0 Å². The van der Waals surface area contributed by atoms with E-state index in [1.54, 1.807) is 10.6 Å². The number of hydrogen-bond donors (Lipinski definition) is 1. The molecule has 0 bridgehead atoms. The van der Waals surface area contributed by atoms with E-state index in [-0.39, 0.29) is 11.1 Å². The molecule has 2 heterocycles. The molecule has 0 spiro atoms. The van der Waals surface area contributed by atoms with Crippen LogP contribution in [0.3, 0.4) is 0 Å². The van der Waals surface area contributed by atoms with Gasteiger partial charge in [-0.15, -0.1) is 0 Å². The van der Waals surface area contributed by atoms with Crippen LogP contribution >= 0.6 is 0 Å². The first-order valence-electron chi connectivity index (χ1n) is 8.70. The molecule has 0 amide bonds. The molecular weight excluding hydrogens is 342 g/mol. The second kappa shape index (κ2) is 6.39. The number of fused-ring (bicyclic) bond motifs is 2. The van der Waals surface area contributed by atoms with Crippen LogP contribution in [-0.4, -0.2) is 34.7 Å². The van der Waals surface area contributed by atoms with Crippen LogP contribution < -0.4 is 10.5 Å². The zero-order chi connectivity index (χ0) is 19.1. The second-order valence-corrected chi connectivity index (χ2v) is 6.83. The number of nitrogens with zero attached hydrogens (tertiary/aromatic N) is 3. The molecule has 2 aromatic carbocycles. The molecule has 0 saturated heterocycles. The molecule has 1 aromatic heterocycles. The van der Waals surface area contributed by atoms with Gasteiger partial charge in [-0.2, -0.15) is 0 Å². The summed E-state index contributed by atoms with van der Waals surface area (Å²) in [5.41, 5.74) is 3.55. The molecule has 0 radical (unpaired) electrons. The minimum absolute atomic E-state index is 0.127. The number of aromatic carboxylic acids is 1. The molecule has 0 aliphatic carbocycles.